The summed E-state index contributed by atoms with van der Waals surface area (Å²) >= 11 is 5.81. The Morgan fingerprint density at radius 1 is 1.45 bits per heavy atom. The van der Waals surface area contributed by atoms with Gasteiger partial charge in [0.05, 0.1) is 10.7 Å². The van der Waals surface area contributed by atoms with Crippen molar-refractivity contribution in [2.24, 2.45) is 4.99 Å². The third kappa shape index (κ3) is 5.53. The van der Waals surface area contributed by atoms with Gasteiger partial charge in [-0.25, -0.2) is 0 Å². The molecule has 0 fully saturated rings. The first kappa shape index (κ1) is 20.2. The summed E-state index contributed by atoms with van der Waals surface area (Å²) in [6.45, 7) is 2.80. The van der Waals surface area contributed by atoms with E-state index in [0.717, 1.165) is 6.07 Å². The predicted molar refractivity (Wildman–Crippen MR) is 68.4 cm³/mol. The van der Waals surface area contributed by atoms with Gasteiger partial charge in [0.1, 0.15) is 10.7 Å². The van der Waals surface area contributed by atoms with Crippen LogP contribution in [0.5, 0.6) is 0 Å². The molecule has 9 heteroatoms. The van der Waals surface area contributed by atoms with Gasteiger partial charge >= 0.3 is 51.4 Å². The van der Waals surface area contributed by atoms with Gasteiger partial charge in [0.2, 0.25) is 0 Å². The average molecular weight is 344 g/mol. The summed E-state index contributed by atoms with van der Waals surface area (Å²) in [6.07, 6.45) is -0.397. The van der Waals surface area contributed by atoms with Crippen LogP contribution in [0.2, 0.25) is 5.02 Å². The van der Waals surface area contributed by atoms with Crippen molar-refractivity contribution in [3.63, 3.8) is 0 Å². The van der Waals surface area contributed by atoms with E-state index in [2.05, 4.69) is 4.99 Å². The van der Waals surface area contributed by atoms with Gasteiger partial charge in [0.15, 0.2) is 0 Å². The van der Waals surface area contributed by atoms with Crippen LogP contribution in [0.25, 0.3) is 0 Å². The van der Waals surface area contributed by atoms with Crippen LogP contribution in [0.3, 0.4) is 0 Å². The van der Waals surface area contributed by atoms with Crippen molar-refractivity contribution in [1.82, 2.24) is 0 Å². The zero-order valence-corrected chi connectivity index (χ0v) is 15.9. The Hall–Kier alpha value is 0.196. The molecule has 0 radical (unpaired) electrons. The van der Waals surface area contributed by atoms with Crippen molar-refractivity contribution in [2.45, 2.75) is 25.2 Å². The minimum absolute atomic E-state index is 0. The van der Waals surface area contributed by atoms with Crippen LogP contribution in [-0.2, 0) is 14.9 Å². The third-order valence-electron chi connectivity index (χ3n) is 2.20. The Balaban J connectivity index is 0.00000361. The summed E-state index contributed by atoms with van der Waals surface area (Å²) in [5.41, 5.74) is 0.386. The molecule has 104 valence electrons. The first-order valence-electron chi connectivity index (χ1n) is 5.13. The number of ketones is 1. The van der Waals surface area contributed by atoms with Crippen LogP contribution >= 0.6 is 11.6 Å². The van der Waals surface area contributed by atoms with Gasteiger partial charge in [-0.1, -0.05) is 17.7 Å². The summed E-state index contributed by atoms with van der Waals surface area (Å²) < 4.78 is 31.1. The number of carbonyl (C=O) groups is 1. The SMILES string of the molecule is CC(=O)CC([O-])=Nc1c(C)ccc(S(=O)(=O)O)c1Cl.[K+]. The first-order valence-corrected chi connectivity index (χ1v) is 6.95. The molecule has 0 amide bonds. The van der Waals surface area contributed by atoms with E-state index in [-0.39, 0.29) is 67.9 Å². The molecule has 0 aliphatic rings. The molecule has 0 aliphatic carbocycles. The molecule has 6 nitrogen and oxygen atoms in total. The average Bonchev–Trinajstić information content (AvgIpc) is 2.21. The summed E-state index contributed by atoms with van der Waals surface area (Å²) in [4.78, 5) is 13.9. The van der Waals surface area contributed by atoms with Gasteiger partial charge in [-0.15, -0.1) is 0 Å². The largest absolute Gasteiger partial charge is 1.00 e. The van der Waals surface area contributed by atoms with E-state index in [1.54, 1.807) is 6.92 Å². The fourth-order valence-electron chi connectivity index (χ4n) is 1.36. The summed E-state index contributed by atoms with van der Waals surface area (Å²) in [5, 5.41) is 11.1. The van der Waals surface area contributed by atoms with Gasteiger partial charge in [0, 0.05) is 6.42 Å². The topological polar surface area (TPSA) is 107 Å². The van der Waals surface area contributed by atoms with Crippen molar-refractivity contribution in [3.05, 3.63) is 22.7 Å². The van der Waals surface area contributed by atoms with E-state index in [4.69, 9.17) is 16.2 Å². The fourth-order valence-corrected chi connectivity index (χ4v) is 2.47. The normalized spacial score (nSPS) is 11.9. The van der Waals surface area contributed by atoms with Gasteiger partial charge < -0.3 is 5.11 Å². The number of hydrogen-bond donors (Lipinski definition) is 1. The number of hydrogen-bond acceptors (Lipinski definition) is 5. The minimum atomic E-state index is -4.50. The van der Waals surface area contributed by atoms with Gasteiger partial charge in [-0.3, -0.25) is 14.3 Å². The smallest absolute Gasteiger partial charge is 0.861 e. The van der Waals surface area contributed by atoms with E-state index in [0.29, 0.717) is 5.56 Å². The number of aryl methyl sites for hydroxylation is 1. The maximum absolute atomic E-state index is 11.4. The number of aliphatic imine (C=N–C) groups is 1. The molecule has 1 aromatic carbocycles. The van der Waals surface area contributed by atoms with Crippen molar-refractivity contribution in [3.8, 4) is 0 Å². The third-order valence-corrected chi connectivity index (χ3v) is 3.59. The second kappa shape index (κ2) is 7.99. The van der Waals surface area contributed by atoms with E-state index < -0.39 is 27.3 Å². The van der Waals surface area contributed by atoms with Crippen LogP contribution in [0.15, 0.2) is 22.0 Å². The summed E-state index contributed by atoms with van der Waals surface area (Å²) in [6, 6.07) is 2.47. The second-order valence-corrected chi connectivity index (χ2v) is 5.67. The minimum Gasteiger partial charge on any atom is -0.861 e. The molecule has 0 heterocycles. The van der Waals surface area contributed by atoms with Gasteiger partial charge in [0.25, 0.3) is 10.1 Å². The molecule has 0 spiro atoms. The molecule has 1 N–H and O–H groups in total. The van der Waals surface area contributed by atoms with E-state index in [1.165, 1.54) is 13.0 Å². The second-order valence-electron chi connectivity index (χ2n) is 3.90. The first-order chi connectivity index (χ1) is 8.62. The monoisotopic (exact) mass is 343 g/mol. The van der Waals surface area contributed by atoms with E-state index in [1.807, 2.05) is 0 Å². The standard InChI is InChI=1S/C11H12ClNO5S.K/c1-6-3-4-8(19(16,17)18)10(12)11(6)13-9(15)5-7(2)14;/h3-4H,5H2,1-2H3,(H,13,15)(H,16,17,18);/q;+1/p-1. The number of Topliss-reactive ketones (excluding diaryl/α,β-unsaturated/α-hetero) is 1. The number of carbonyl (C=O) groups excluding carboxylic acids is 1. The molecule has 0 saturated carbocycles. The number of halogens is 1. The Morgan fingerprint density at radius 2 is 2.00 bits per heavy atom. The zero-order chi connectivity index (χ0) is 14.8. The van der Waals surface area contributed by atoms with Crippen molar-refractivity contribution in [2.75, 3.05) is 0 Å². The van der Waals surface area contributed by atoms with Crippen molar-refractivity contribution in [1.29, 1.82) is 0 Å². The van der Waals surface area contributed by atoms with Crippen LogP contribution in [0, 0.1) is 6.92 Å². The van der Waals surface area contributed by atoms with Crippen LogP contribution in [-0.4, -0.2) is 24.7 Å². The van der Waals surface area contributed by atoms with Crippen molar-refractivity contribution < 1.29 is 74.3 Å². The summed E-state index contributed by atoms with van der Waals surface area (Å²) in [7, 11) is -4.50. The molecule has 0 bridgehead atoms. The molecule has 0 aliphatic heterocycles. The van der Waals surface area contributed by atoms with Crippen LogP contribution in [0.4, 0.5) is 5.69 Å². The van der Waals surface area contributed by atoms with E-state index in [9.17, 15) is 18.3 Å². The number of nitrogens with zero attached hydrogens (tertiary/aromatic N) is 1. The van der Waals surface area contributed by atoms with E-state index >= 15 is 0 Å². The molecule has 0 unspecified atom stereocenters. The molecule has 0 aromatic heterocycles. The molecule has 1 rings (SSSR count). The predicted octanol–water partition coefficient (Wildman–Crippen LogP) is -1.73. The molecule has 20 heavy (non-hydrogen) atoms. The maximum Gasteiger partial charge on any atom is 1.00 e. The number of benzene rings is 1. The quantitative estimate of drug-likeness (QED) is 0.302. The Morgan fingerprint density at radius 3 is 2.45 bits per heavy atom. The van der Waals surface area contributed by atoms with Gasteiger partial charge in [-0.05, 0) is 31.4 Å². The molecule has 0 saturated heterocycles. The summed E-state index contributed by atoms with van der Waals surface area (Å²) in [5.74, 6) is -1.10. The Kier molecular flexibility index (Phi) is 8.07. The zero-order valence-electron chi connectivity index (χ0n) is 11.2. The molecular weight excluding hydrogens is 333 g/mol. The van der Waals surface area contributed by atoms with Gasteiger partial charge in [-0.2, -0.15) is 8.42 Å². The Labute approximate surface area is 164 Å². The van der Waals surface area contributed by atoms with Crippen molar-refractivity contribution >= 4 is 39.1 Å². The molecule has 0 atom stereocenters. The molecular formula is C11H11ClKNO5S. The van der Waals surface area contributed by atoms with Crippen LogP contribution in [0.1, 0.15) is 18.9 Å². The molecule has 1 aromatic rings. The Bertz CT molecular complexity index is 657. The number of rotatable bonds is 4. The maximum atomic E-state index is 11.4. The fraction of sp³-hybridized carbons (Fsp3) is 0.273. The van der Waals surface area contributed by atoms with Crippen LogP contribution < -0.4 is 56.5 Å².